The van der Waals surface area contributed by atoms with E-state index in [1.54, 1.807) is 6.07 Å². The molecule has 5 heteroatoms. The summed E-state index contributed by atoms with van der Waals surface area (Å²) in [4.78, 5) is 26.2. The Bertz CT molecular complexity index is 789. The highest BCUT2D eigenvalue weighted by Gasteiger charge is 2.39. The van der Waals surface area contributed by atoms with Crippen molar-refractivity contribution in [3.63, 3.8) is 0 Å². The minimum absolute atomic E-state index is 0.136. The highest BCUT2D eigenvalue weighted by Crippen LogP contribution is 2.32. The molecule has 3 nitrogen and oxygen atoms in total. The Kier molecular flexibility index (Phi) is 5.50. The Labute approximate surface area is 157 Å². The molecule has 0 unspecified atom stereocenters. The fourth-order valence-electron chi connectivity index (χ4n) is 2.82. The maximum atomic E-state index is 12.7. The molecule has 0 bridgehead atoms. The molecule has 1 saturated heterocycles. The predicted molar refractivity (Wildman–Crippen MR) is 103 cm³/mol. The van der Waals surface area contributed by atoms with E-state index in [9.17, 15) is 9.59 Å². The van der Waals surface area contributed by atoms with Crippen LogP contribution in [-0.2, 0) is 17.8 Å². The Hall–Kier alpha value is -1.78. The largest absolute Gasteiger partial charge is 0.289 e. The van der Waals surface area contributed by atoms with E-state index in [4.69, 9.17) is 11.6 Å². The average Bonchev–Trinajstić information content (AvgIpc) is 2.85. The molecule has 2 aromatic carbocycles. The molecule has 0 radical (unpaired) electrons. The monoisotopic (exact) mass is 373 g/mol. The lowest BCUT2D eigenvalue weighted by atomic mass is 10.00. The van der Waals surface area contributed by atoms with Gasteiger partial charge in [-0.1, -0.05) is 79.7 Å². The molecular weight excluding hydrogens is 354 g/mol. The molecule has 130 valence electrons. The van der Waals surface area contributed by atoms with Crippen molar-refractivity contribution in [1.29, 1.82) is 0 Å². The second-order valence-electron chi connectivity index (χ2n) is 6.49. The first kappa shape index (κ1) is 18.0. The van der Waals surface area contributed by atoms with Crippen LogP contribution in [0.2, 0.25) is 5.02 Å². The van der Waals surface area contributed by atoms with Crippen LogP contribution in [0.4, 0.5) is 4.79 Å². The molecule has 0 N–H and O–H groups in total. The number of rotatable bonds is 5. The maximum absolute atomic E-state index is 12.7. The van der Waals surface area contributed by atoms with Crippen LogP contribution < -0.4 is 0 Å². The van der Waals surface area contributed by atoms with Crippen LogP contribution in [0.3, 0.4) is 0 Å². The van der Waals surface area contributed by atoms with E-state index >= 15 is 0 Å². The summed E-state index contributed by atoms with van der Waals surface area (Å²) in [7, 11) is 0. The van der Waals surface area contributed by atoms with Gasteiger partial charge in [0.05, 0.1) is 11.8 Å². The lowest BCUT2D eigenvalue weighted by Crippen LogP contribution is -2.31. The second-order valence-corrected chi connectivity index (χ2v) is 8.05. The molecular formula is C20H20ClNO2S. The van der Waals surface area contributed by atoms with Gasteiger partial charge in [-0.25, -0.2) is 0 Å². The maximum Gasteiger partial charge on any atom is 0.289 e. The molecule has 0 aromatic heterocycles. The van der Waals surface area contributed by atoms with Gasteiger partial charge in [-0.3, -0.25) is 14.5 Å². The van der Waals surface area contributed by atoms with Crippen LogP contribution >= 0.6 is 23.4 Å². The van der Waals surface area contributed by atoms with Gasteiger partial charge in [-0.15, -0.1) is 0 Å². The van der Waals surface area contributed by atoms with E-state index in [1.807, 2.05) is 30.3 Å². The highest BCUT2D eigenvalue weighted by molar-refractivity contribution is 8.15. The van der Waals surface area contributed by atoms with Crippen LogP contribution in [0.25, 0.3) is 0 Å². The van der Waals surface area contributed by atoms with E-state index in [0.29, 0.717) is 17.4 Å². The van der Waals surface area contributed by atoms with Crippen LogP contribution in [0.15, 0.2) is 48.5 Å². The normalized spacial score (nSPS) is 17.6. The van der Waals surface area contributed by atoms with Crippen LogP contribution in [0.1, 0.15) is 36.5 Å². The third-order valence-electron chi connectivity index (χ3n) is 4.36. The standard InChI is InChI=1S/C20H20ClNO2S/c1-13(2)15-9-7-14(8-10-15)11-18-19(23)22(20(24)25-18)12-16-5-3-4-6-17(16)21/h3-10,13,18H,11-12H2,1-2H3/t18-/m1/s1. The Balaban J connectivity index is 1.69. The first-order chi connectivity index (χ1) is 12.0. The molecule has 1 aliphatic rings. The number of thioether (sulfide) groups is 1. The lowest BCUT2D eigenvalue weighted by Gasteiger charge is -2.15. The number of carbonyl (C=O) groups is 2. The minimum atomic E-state index is -0.361. The molecule has 3 rings (SSSR count). The van der Waals surface area contributed by atoms with Crippen molar-refractivity contribution >= 4 is 34.5 Å². The van der Waals surface area contributed by atoms with Crippen molar-refractivity contribution < 1.29 is 9.59 Å². The third-order valence-corrected chi connectivity index (χ3v) is 5.80. The summed E-state index contributed by atoms with van der Waals surface area (Å²) >= 11 is 7.26. The number of hydrogen-bond donors (Lipinski definition) is 0. The average molecular weight is 374 g/mol. The van der Waals surface area contributed by atoms with Gasteiger partial charge >= 0.3 is 0 Å². The summed E-state index contributed by atoms with van der Waals surface area (Å²) in [6, 6.07) is 15.6. The van der Waals surface area contributed by atoms with Crippen molar-refractivity contribution in [1.82, 2.24) is 4.90 Å². The number of carbonyl (C=O) groups excluding carboxylic acids is 2. The topological polar surface area (TPSA) is 37.4 Å². The lowest BCUT2D eigenvalue weighted by molar-refractivity contribution is -0.127. The van der Waals surface area contributed by atoms with Crippen LogP contribution in [0, 0.1) is 0 Å². The Morgan fingerprint density at radius 3 is 2.40 bits per heavy atom. The molecule has 0 aliphatic carbocycles. The molecule has 1 fully saturated rings. The SMILES string of the molecule is CC(C)c1ccc(C[C@H]2SC(=O)N(Cc3ccccc3Cl)C2=O)cc1. The van der Waals surface area contributed by atoms with E-state index in [1.165, 1.54) is 10.5 Å². The van der Waals surface area contributed by atoms with Crippen molar-refractivity contribution in [3.05, 3.63) is 70.2 Å². The summed E-state index contributed by atoms with van der Waals surface area (Å²) in [6.45, 7) is 4.53. The predicted octanol–water partition coefficient (Wildman–Crippen LogP) is 5.27. The third kappa shape index (κ3) is 4.07. The van der Waals surface area contributed by atoms with Crippen LogP contribution in [0.5, 0.6) is 0 Å². The molecule has 1 atom stereocenters. The van der Waals surface area contributed by atoms with Gasteiger partial charge in [0.2, 0.25) is 5.91 Å². The fourth-order valence-corrected chi connectivity index (χ4v) is 4.05. The summed E-state index contributed by atoms with van der Waals surface area (Å²) in [5.41, 5.74) is 3.13. The van der Waals surface area contributed by atoms with Gasteiger partial charge in [-0.2, -0.15) is 0 Å². The Morgan fingerprint density at radius 1 is 1.08 bits per heavy atom. The molecule has 0 spiro atoms. The van der Waals surface area contributed by atoms with Crippen molar-refractivity contribution in [2.24, 2.45) is 0 Å². The molecule has 25 heavy (non-hydrogen) atoms. The first-order valence-electron chi connectivity index (χ1n) is 8.30. The molecule has 1 aliphatic heterocycles. The number of imide groups is 1. The number of amides is 2. The number of hydrogen-bond acceptors (Lipinski definition) is 3. The van der Waals surface area contributed by atoms with Crippen molar-refractivity contribution in [3.8, 4) is 0 Å². The van der Waals surface area contributed by atoms with E-state index in [0.717, 1.165) is 22.9 Å². The van der Waals surface area contributed by atoms with Gasteiger partial charge < -0.3 is 0 Å². The van der Waals surface area contributed by atoms with E-state index in [-0.39, 0.29) is 22.9 Å². The fraction of sp³-hybridized carbons (Fsp3) is 0.300. The second kappa shape index (κ2) is 7.63. The van der Waals surface area contributed by atoms with Gasteiger partial charge in [0.15, 0.2) is 0 Å². The van der Waals surface area contributed by atoms with Gasteiger partial charge in [0.25, 0.3) is 5.24 Å². The van der Waals surface area contributed by atoms with Crippen molar-refractivity contribution in [2.45, 2.75) is 38.0 Å². The smallest absolute Gasteiger partial charge is 0.273 e. The Morgan fingerprint density at radius 2 is 1.76 bits per heavy atom. The van der Waals surface area contributed by atoms with E-state index < -0.39 is 0 Å². The summed E-state index contributed by atoms with van der Waals surface area (Å²) in [6.07, 6.45) is 0.562. The van der Waals surface area contributed by atoms with Gasteiger partial charge in [0, 0.05) is 5.02 Å². The summed E-state index contributed by atoms with van der Waals surface area (Å²) in [5.74, 6) is 0.340. The van der Waals surface area contributed by atoms with E-state index in [2.05, 4.69) is 26.0 Å². The zero-order valence-electron chi connectivity index (χ0n) is 14.2. The van der Waals surface area contributed by atoms with Gasteiger partial charge in [-0.05, 0) is 35.1 Å². The quantitative estimate of drug-likeness (QED) is 0.716. The molecule has 0 saturated carbocycles. The zero-order valence-corrected chi connectivity index (χ0v) is 15.8. The summed E-state index contributed by atoms with van der Waals surface area (Å²) in [5, 5.41) is 0.00873. The van der Waals surface area contributed by atoms with Crippen molar-refractivity contribution in [2.75, 3.05) is 0 Å². The number of halogens is 1. The zero-order chi connectivity index (χ0) is 18.0. The molecule has 2 amide bonds. The molecule has 2 aromatic rings. The first-order valence-corrected chi connectivity index (χ1v) is 9.55. The number of benzene rings is 2. The number of nitrogens with zero attached hydrogens (tertiary/aromatic N) is 1. The highest BCUT2D eigenvalue weighted by atomic mass is 35.5. The minimum Gasteiger partial charge on any atom is -0.273 e. The van der Waals surface area contributed by atoms with Gasteiger partial charge in [0.1, 0.15) is 0 Å². The molecule has 1 heterocycles. The summed E-state index contributed by atoms with van der Waals surface area (Å²) < 4.78 is 0. The van der Waals surface area contributed by atoms with Crippen LogP contribution in [-0.4, -0.2) is 21.3 Å².